The van der Waals surface area contributed by atoms with Gasteiger partial charge >= 0.3 is 0 Å². The van der Waals surface area contributed by atoms with Crippen LogP contribution in [0.2, 0.25) is 0 Å². The number of carbonyl (C=O) groups excluding carboxylic acids is 1. The van der Waals surface area contributed by atoms with E-state index in [1.807, 2.05) is 18.2 Å². The molecule has 18 heavy (non-hydrogen) atoms. The smallest absolute Gasteiger partial charge is 0.221 e. The predicted molar refractivity (Wildman–Crippen MR) is 72.3 cm³/mol. The minimum Gasteiger partial charge on any atom is -0.496 e. The zero-order valence-electron chi connectivity index (χ0n) is 10.5. The van der Waals surface area contributed by atoms with Gasteiger partial charge in [0, 0.05) is 29.8 Å². The summed E-state index contributed by atoms with van der Waals surface area (Å²) in [5.74, 6) is 1.29. The average Bonchev–Trinajstić information content (AvgIpc) is 3.18. The van der Waals surface area contributed by atoms with Gasteiger partial charge in [0.2, 0.25) is 5.91 Å². The Morgan fingerprint density at radius 1 is 1.44 bits per heavy atom. The van der Waals surface area contributed by atoms with Crippen molar-refractivity contribution in [3.05, 3.63) is 29.8 Å². The second-order valence-electron chi connectivity index (χ2n) is 4.70. The minimum atomic E-state index is 0.0196. The molecule has 1 amide bonds. The van der Waals surface area contributed by atoms with E-state index in [1.165, 1.54) is 5.56 Å². The number of hydrogen-bond acceptors (Lipinski definition) is 2. The van der Waals surface area contributed by atoms with E-state index in [0.717, 1.165) is 18.6 Å². The Morgan fingerprint density at radius 3 is 2.78 bits per heavy atom. The van der Waals surface area contributed by atoms with Crippen LogP contribution >= 0.6 is 11.6 Å². The van der Waals surface area contributed by atoms with Crippen molar-refractivity contribution in [1.29, 1.82) is 0 Å². The highest BCUT2D eigenvalue weighted by Crippen LogP contribution is 2.50. The van der Waals surface area contributed by atoms with Gasteiger partial charge in [-0.2, -0.15) is 0 Å². The number of rotatable bonds is 6. The fourth-order valence-corrected chi connectivity index (χ4v) is 2.39. The molecule has 0 radical (unpaired) electrons. The molecule has 0 aromatic heterocycles. The van der Waals surface area contributed by atoms with Crippen molar-refractivity contribution in [3.8, 4) is 5.75 Å². The molecule has 1 aromatic rings. The zero-order valence-corrected chi connectivity index (χ0v) is 11.3. The molecule has 0 atom stereocenters. The number of hydrogen-bond donors (Lipinski definition) is 1. The summed E-state index contributed by atoms with van der Waals surface area (Å²) in [6, 6.07) is 8.03. The van der Waals surface area contributed by atoms with Crippen LogP contribution in [0.1, 0.15) is 24.8 Å². The maximum atomic E-state index is 11.5. The maximum Gasteiger partial charge on any atom is 0.221 e. The van der Waals surface area contributed by atoms with Crippen molar-refractivity contribution < 1.29 is 9.53 Å². The van der Waals surface area contributed by atoms with E-state index in [9.17, 15) is 4.79 Å². The summed E-state index contributed by atoms with van der Waals surface area (Å²) >= 11 is 5.55. The van der Waals surface area contributed by atoms with Gasteiger partial charge in [0.25, 0.3) is 0 Å². The first-order chi connectivity index (χ1) is 8.72. The van der Waals surface area contributed by atoms with Gasteiger partial charge in [-0.3, -0.25) is 4.79 Å². The lowest BCUT2D eigenvalue weighted by atomic mass is 9.95. The molecule has 2 rings (SSSR count). The van der Waals surface area contributed by atoms with Crippen molar-refractivity contribution in [2.45, 2.75) is 24.7 Å². The number of ether oxygens (including phenoxy) is 1. The van der Waals surface area contributed by atoms with Crippen LogP contribution in [0.25, 0.3) is 0 Å². The number of carbonyl (C=O) groups is 1. The fraction of sp³-hybridized carbons (Fsp3) is 0.500. The molecule has 1 saturated carbocycles. The molecule has 98 valence electrons. The molecule has 1 aromatic carbocycles. The van der Waals surface area contributed by atoms with Crippen LogP contribution in [-0.2, 0) is 10.2 Å². The number of halogens is 1. The standard InChI is InChI=1S/C14H18ClNO2/c1-18-12-5-3-2-4-11(12)14(7-8-14)10-16-13(17)6-9-15/h2-5H,6-10H2,1H3,(H,16,17). The van der Waals surface area contributed by atoms with Gasteiger partial charge in [0.1, 0.15) is 5.75 Å². The van der Waals surface area contributed by atoms with Crippen LogP contribution in [0.4, 0.5) is 0 Å². The van der Waals surface area contributed by atoms with E-state index in [-0.39, 0.29) is 11.3 Å². The summed E-state index contributed by atoms with van der Waals surface area (Å²) in [6.07, 6.45) is 2.56. The van der Waals surface area contributed by atoms with Gasteiger partial charge in [-0.15, -0.1) is 11.6 Å². The molecule has 0 aliphatic heterocycles. The first-order valence-corrected chi connectivity index (χ1v) is 6.71. The molecule has 0 spiro atoms. The zero-order chi connectivity index (χ0) is 13.0. The Balaban J connectivity index is 2.05. The van der Waals surface area contributed by atoms with Gasteiger partial charge in [0.15, 0.2) is 0 Å². The highest BCUT2D eigenvalue weighted by molar-refractivity contribution is 6.18. The number of alkyl halides is 1. The Bertz CT molecular complexity index is 430. The quantitative estimate of drug-likeness (QED) is 0.804. The van der Waals surface area contributed by atoms with Crippen LogP contribution in [0.5, 0.6) is 5.75 Å². The Kier molecular flexibility index (Phi) is 4.12. The summed E-state index contributed by atoms with van der Waals surface area (Å²) in [7, 11) is 1.68. The van der Waals surface area contributed by atoms with E-state index >= 15 is 0 Å². The Hall–Kier alpha value is -1.22. The number of amides is 1. The molecule has 3 nitrogen and oxygen atoms in total. The van der Waals surface area contributed by atoms with Gasteiger partial charge < -0.3 is 10.1 Å². The molecule has 1 aliphatic rings. The van der Waals surface area contributed by atoms with E-state index in [1.54, 1.807) is 7.11 Å². The van der Waals surface area contributed by atoms with Crippen LogP contribution in [-0.4, -0.2) is 25.4 Å². The number of benzene rings is 1. The highest BCUT2D eigenvalue weighted by atomic mass is 35.5. The monoisotopic (exact) mass is 267 g/mol. The third-order valence-corrected chi connectivity index (χ3v) is 3.67. The van der Waals surface area contributed by atoms with E-state index in [2.05, 4.69) is 11.4 Å². The van der Waals surface area contributed by atoms with Crippen LogP contribution in [0.15, 0.2) is 24.3 Å². The highest BCUT2D eigenvalue weighted by Gasteiger charge is 2.46. The number of methoxy groups -OCH3 is 1. The van der Waals surface area contributed by atoms with Crippen molar-refractivity contribution in [1.82, 2.24) is 5.32 Å². The molecule has 0 saturated heterocycles. The lowest BCUT2D eigenvalue weighted by Gasteiger charge is -2.19. The molecular formula is C14H18ClNO2. The van der Waals surface area contributed by atoms with E-state index < -0.39 is 0 Å². The van der Waals surface area contributed by atoms with Crippen molar-refractivity contribution >= 4 is 17.5 Å². The second kappa shape index (κ2) is 5.61. The molecule has 1 N–H and O–H groups in total. The lowest BCUT2D eigenvalue weighted by molar-refractivity contribution is -0.120. The number of nitrogens with one attached hydrogen (secondary N) is 1. The van der Waals surface area contributed by atoms with Crippen molar-refractivity contribution in [3.63, 3.8) is 0 Å². The summed E-state index contributed by atoms with van der Waals surface area (Å²) in [5, 5.41) is 2.96. The van der Waals surface area contributed by atoms with Crippen LogP contribution < -0.4 is 10.1 Å². The predicted octanol–water partition coefficient (Wildman–Crippen LogP) is 2.47. The minimum absolute atomic E-state index is 0.0196. The molecular weight excluding hydrogens is 250 g/mol. The van der Waals surface area contributed by atoms with Crippen molar-refractivity contribution in [2.75, 3.05) is 19.5 Å². The topological polar surface area (TPSA) is 38.3 Å². The summed E-state index contributed by atoms with van der Waals surface area (Å²) in [5.41, 5.74) is 1.26. The van der Waals surface area contributed by atoms with Crippen LogP contribution in [0.3, 0.4) is 0 Å². The molecule has 0 heterocycles. The number of para-hydroxylation sites is 1. The summed E-state index contributed by atoms with van der Waals surface area (Å²) in [6.45, 7) is 0.670. The molecule has 1 aliphatic carbocycles. The van der Waals surface area contributed by atoms with Gasteiger partial charge in [-0.25, -0.2) is 0 Å². The summed E-state index contributed by atoms with van der Waals surface area (Å²) < 4.78 is 5.39. The first-order valence-electron chi connectivity index (χ1n) is 6.18. The summed E-state index contributed by atoms with van der Waals surface area (Å²) in [4.78, 5) is 11.5. The molecule has 4 heteroatoms. The van der Waals surface area contributed by atoms with Gasteiger partial charge in [0.05, 0.1) is 7.11 Å². The third-order valence-electron chi connectivity index (χ3n) is 3.48. The second-order valence-corrected chi connectivity index (χ2v) is 5.07. The lowest BCUT2D eigenvalue weighted by Crippen LogP contribution is -2.32. The van der Waals surface area contributed by atoms with Crippen LogP contribution in [0, 0.1) is 0 Å². The molecule has 0 unspecified atom stereocenters. The van der Waals surface area contributed by atoms with Gasteiger partial charge in [-0.1, -0.05) is 18.2 Å². The normalized spacial score (nSPS) is 16.1. The third kappa shape index (κ3) is 2.78. The molecule has 0 bridgehead atoms. The maximum absolute atomic E-state index is 11.5. The fourth-order valence-electron chi connectivity index (χ4n) is 2.22. The van der Waals surface area contributed by atoms with E-state index in [0.29, 0.717) is 18.8 Å². The Labute approximate surface area is 112 Å². The molecule has 1 fully saturated rings. The first kappa shape index (κ1) is 13.2. The van der Waals surface area contributed by atoms with E-state index in [4.69, 9.17) is 16.3 Å². The SMILES string of the molecule is COc1ccccc1C1(CNC(=O)CCCl)CC1. The van der Waals surface area contributed by atoms with Crippen molar-refractivity contribution in [2.24, 2.45) is 0 Å². The largest absolute Gasteiger partial charge is 0.496 e. The average molecular weight is 268 g/mol. The van der Waals surface area contributed by atoms with Gasteiger partial charge in [-0.05, 0) is 18.9 Å². The Morgan fingerprint density at radius 2 is 2.17 bits per heavy atom.